The van der Waals surface area contributed by atoms with Gasteiger partial charge >= 0.3 is 0 Å². The van der Waals surface area contributed by atoms with Crippen LogP contribution in [0.4, 0.5) is 10.2 Å². The van der Waals surface area contributed by atoms with Crippen molar-refractivity contribution < 1.29 is 14.2 Å². The van der Waals surface area contributed by atoms with E-state index >= 15 is 0 Å². The molecule has 1 aliphatic rings. The summed E-state index contributed by atoms with van der Waals surface area (Å²) < 4.78 is 20.5. The van der Waals surface area contributed by atoms with Gasteiger partial charge in [0.05, 0.1) is 25.0 Å². The molecule has 0 spiro atoms. The monoisotopic (exact) mass is 376 g/mol. The first-order chi connectivity index (χ1) is 13.0. The Bertz CT molecular complexity index is 739. The highest BCUT2D eigenvalue weighted by molar-refractivity contribution is 5.51. The Morgan fingerprint density at radius 3 is 2.52 bits per heavy atom. The number of anilines is 1. The number of nitrogens with one attached hydrogen (secondary N) is 1. The fourth-order valence-electron chi connectivity index (χ4n) is 3.52. The van der Waals surface area contributed by atoms with Crippen LogP contribution in [0.1, 0.15) is 42.7 Å². The Morgan fingerprint density at radius 1 is 1.22 bits per heavy atom. The molecule has 0 bridgehead atoms. The molecule has 1 aromatic heterocycles. The molecular weight excluding hydrogens is 347 g/mol. The molecule has 1 aliphatic heterocycles. The Hall–Kier alpha value is -1.96. The predicted molar refractivity (Wildman–Crippen MR) is 103 cm³/mol. The van der Waals surface area contributed by atoms with E-state index in [-0.39, 0.29) is 5.82 Å². The summed E-state index contributed by atoms with van der Waals surface area (Å²) in [5, 5.41) is 18.4. The van der Waals surface area contributed by atoms with Crippen LogP contribution in [0.5, 0.6) is 0 Å². The second kappa shape index (κ2) is 8.82. The van der Waals surface area contributed by atoms with Gasteiger partial charge in [0.15, 0.2) is 0 Å². The van der Waals surface area contributed by atoms with E-state index in [2.05, 4.69) is 24.1 Å². The molecule has 7 heteroatoms. The van der Waals surface area contributed by atoms with Crippen LogP contribution < -0.4 is 10.2 Å². The number of hydrogen-bond donors (Lipinski definition) is 2. The van der Waals surface area contributed by atoms with Crippen LogP contribution in [0.15, 0.2) is 24.3 Å². The van der Waals surface area contributed by atoms with E-state index in [1.165, 1.54) is 17.7 Å². The number of aromatic nitrogens is 2. The lowest BCUT2D eigenvalue weighted by Crippen LogP contribution is -2.38. The molecule has 1 saturated heterocycles. The van der Waals surface area contributed by atoms with E-state index in [9.17, 15) is 9.50 Å². The number of ether oxygens (including phenoxy) is 1. The summed E-state index contributed by atoms with van der Waals surface area (Å²) in [5.41, 5.74) is 2.94. The van der Waals surface area contributed by atoms with Gasteiger partial charge in [-0.05, 0) is 23.6 Å². The first kappa shape index (κ1) is 19.8. The average molecular weight is 376 g/mol. The number of aryl methyl sites for hydroxylation is 1. The van der Waals surface area contributed by atoms with Crippen molar-refractivity contribution in [3.8, 4) is 0 Å². The third-order valence-corrected chi connectivity index (χ3v) is 4.90. The number of morpholine rings is 1. The lowest BCUT2D eigenvalue weighted by atomic mass is 10.0. The number of nitrogens with zero attached hydrogens (tertiary/aromatic N) is 3. The van der Waals surface area contributed by atoms with Crippen LogP contribution >= 0.6 is 0 Å². The molecule has 0 radical (unpaired) electrons. The van der Waals surface area contributed by atoms with E-state index in [4.69, 9.17) is 9.84 Å². The van der Waals surface area contributed by atoms with Gasteiger partial charge in [-0.3, -0.25) is 4.68 Å². The smallest absolute Gasteiger partial charge is 0.131 e. The van der Waals surface area contributed by atoms with Gasteiger partial charge in [0, 0.05) is 38.8 Å². The molecule has 2 aromatic rings. The second-order valence-electron chi connectivity index (χ2n) is 7.26. The van der Waals surface area contributed by atoms with E-state index in [1.807, 2.05) is 11.7 Å². The van der Waals surface area contributed by atoms with E-state index in [0.29, 0.717) is 24.6 Å². The van der Waals surface area contributed by atoms with Gasteiger partial charge in [0.25, 0.3) is 0 Å². The van der Waals surface area contributed by atoms with Gasteiger partial charge in [-0.1, -0.05) is 26.0 Å². The highest BCUT2D eigenvalue weighted by Crippen LogP contribution is 2.29. The highest BCUT2D eigenvalue weighted by atomic mass is 19.1. The summed E-state index contributed by atoms with van der Waals surface area (Å²) in [5.74, 6) is 1.13. The molecule has 6 nitrogen and oxygen atoms in total. The first-order valence-electron chi connectivity index (χ1n) is 9.50. The Kier molecular flexibility index (Phi) is 6.46. The normalized spacial score (nSPS) is 16.1. The molecule has 1 fully saturated rings. The van der Waals surface area contributed by atoms with E-state index in [1.54, 1.807) is 12.1 Å². The SMILES string of the molecule is CC(C)c1nn(C)c(N2CCOCC2)c1CNC[C@@H](O)c1ccc(F)cc1. The lowest BCUT2D eigenvalue weighted by Gasteiger charge is -2.29. The zero-order chi connectivity index (χ0) is 19.4. The van der Waals surface area contributed by atoms with Gasteiger partial charge in [0.2, 0.25) is 0 Å². The summed E-state index contributed by atoms with van der Waals surface area (Å²) in [6.07, 6.45) is -0.684. The van der Waals surface area contributed by atoms with Crippen LogP contribution in [0, 0.1) is 5.82 Å². The van der Waals surface area contributed by atoms with Crippen molar-refractivity contribution in [3.05, 3.63) is 46.9 Å². The standard InChI is InChI=1S/C20H29FN4O2/c1-14(2)19-17(20(24(3)23-19)25-8-10-27-11-9-25)12-22-13-18(26)15-4-6-16(21)7-5-15/h4-7,14,18,22,26H,8-13H2,1-3H3/t18-/m1/s1. The molecule has 0 saturated carbocycles. The Labute approximate surface area is 159 Å². The molecule has 2 heterocycles. The molecule has 3 rings (SSSR count). The molecule has 0 amide bonds. The highest BCUT2D eigenvalue weighted by Gasteiger charge is 2.24. The van der Waals surface area contributed by atoms with Gasteiger partial charge in [-0.2, -0.15) is 5.10 Å². The van der Waals surface area contributed by atoms with Crippen molar-refractivity contribution in [2.45, 2.75) is 32.4 Å². The van der Waals surface area contributed by atoms with Crippen LogP contribution in [0.25, 0.3) is 0 Å². The fraction of sp³-hybridized carbons (Fsp3) is 0.550. The zero-order valence-corrected chi connectivity index (χ0v) is 16.3. The van der Waals surface area contributed by atoms with Crippen molar-refractivity contribution in [1.29, 1.82) is 0 Å². The summed E-state index contributed by atoms with van der Waals surface area (Å²) in [6, 6.07) is 5.97. The lowest BCUT2D eigenvalue weighted by molar-refractivity contribution is 0.122. The minimum atomic E-state index is -0.684. The molecule has 1 atom stereocenters. The summed E-state index contributed by atoms with van der Waals surface area (Å²) in [6.45, 7) is 8.43. The maximum absolute atomic E-state index is 13.0. The minimum Gasteiger partial charge on any atom is -0.387 e. The van der Waals surface area contributed by atoms with Gasteiger partial charge in [0.1, 0.15) is 11.6 Å². The van der Waals surface area contributed by atoms with Gasteiger partial charge in [-0.25, -0.2) is 4.39 Å². The number of benzene rings is 1. The summed E-state index contributed by atoms with van der Waals surface area (Å²) in [4.78, 5) is 2.32. The topological polar surface area (TPSA) is 62.5 Å². The Balaban J connectivity index is 1.71. The van der Waals surface area contributed by atoms with Crippen molar-refractivity contribution in [1.82, 2.24) is 15.1 Å². The van der Waals surface area contributed by atoms with Crippen LogP contribution in [0.2, 0.25) is 0 Å². The quantitative estimate of drug-likeness (QED) is 0.777. The summed E-state index contributed by atoms with van der Waals surface area (Å²) in [7, 11) is 1.98. The van der Waals surface area contributed by atoms with Gasteiger partial charge in [-0.15, -0.1) is 0 Å². The van der Waals surface area contributed by atoms with Gasteiger partial charge < -0.3 is 20.1 Å². The minimum absolute atomic E-state index is 0.300. The fourth-order valence-corrected chi connectivity index (χ4v) is 3.52. The largest absolute Gasteiger partial charge is 0.387 e. The molecule has 2 N–H and O–H groups in total. The summed E-state index contributed by atoms with van der Waals surface area (Å²) >= 11 is 0. The van der Waals surface area contributed by atoms with Crippen molar-refractivity contribution >= 4 is 5.82 Å². The third-order valence-electron chi connectivity index (χ3n) is 4.90. The number of rotatable bonds is 7. The number of hydrogen-bond acceptors (Lipinski definition) is 5. The first-order valence-corrected chi connectivity index (χ1v) is 9.50. The average Bonchev–Trinajstić information content (AvgIpc) is 2.99. The Morgan fingerprint density at radius 2 is 1.89 bits per heavy atom. The molecule has 0 unspecified atom stereocenters. The molecular formula is C20H29FN4O2. The van der Waals surface area contributed by atoms with Crippen molar-refractivity contribution in [2.75, 3.05) is 37.7 Å². The van der Waals surface area contributed by atoms with Crippen LogP contribution in [-0.2, 0) is 18.3 Å². The molecule has 1 aromatic carbocycles. The van der Waals surface area contributed by atoms with Crippen LogP contribution in [-0.4, -0.2) is 47.7 Å². The van der Waals surface area contributed by atoms with E-state index < -0.39 is 6.10 Å². The molecule has 148 valence electrons. The van der Waals surface area contributed by atoms with Crippen LogP contribution in [0.3, 0.4) is 0 Å². The van der Waals surface area contributed by atoms with Crippen molar-refractivity contribution in [3.63, 3.8) is 0 Å². The predicted octanol–water partition coefficient (Wildman–Crippen LogP) is 2.34. The number of aliphatic hydroxyl groups is 1. The zero-order valence-electron chi connectivity index (χ0n) is 16.3. The molecule has 0 aliphatic carbocycles. The van der Waals surface area contributed by atoms with Crippen molar-refractivity contribution in [2.24, 2.45) is 7.05 Å². The second-order valence-corrected chi connectivity index (χ2v) is 7.26. The number of aliphatic hydroxyl groups excluding tert-OH is 1. The number of halogens is 1. The van der Waals surface area contributed by atoms with E-state index in [0.717, 1.165) is 37.8 Å². The maximum Gasteiger partial charge on any atom is 0.131 e. The third kappa shape index (κ3) is 4.66. The maximum atomic E-state index is 13.0. The molecule has 27 heavy (non-hydrogen) atoms.